The molecule has 19 heavy (non-hydrogen) atoms. The summed E-state index contributed by atoms with van der Waals surface area (Å²) in [6.07, 6.45) is 1.84. The second-order valence-corrected chi connectivity index (χ2v) is 7.09. The Kier molecular flexibility index (Phi) is 6.53. The van der Waals surface area contributed by atoms with Crippen molar-refractivity contribution in [3.8, 4) is 0 Å². The van der Waals surface area contributed by atoms with Crippen LogP contribution in [0, 0.1) is 0 Å². The SMILES string of the molecule is CC(C)(C=O)[O][Al]([O]C(C)(C)C=O)[O]C(C)(C)C=O. The second kappa shape index (κ2) is 6.73. The monoisotopic (exact) mass is 288 g/mol. The molecule has 0 heterocycles. The van der Waals surface area contributed by atoms with E-state index < -0.39 is 32.0 Å². The van der Waals surface area contributed by atoms with E-state index in [1.165, 1.54) is 0 Å². The van der Waals surface area contributed by atoms with E-state index in [-0.39, 0.29) is 0 Å². The molecule has 0 N–H and O–H groups in total. The Balaban J connectivity index is 4.99. The molecule has 0 unspecified atom stereocenters. The highest BCUT2D eigenvalue weighted by atomic mass is 27.3. The molecule has 0 rings (SSSR count). The van der Waals surface area contributed by atoms with Gasteiger partial charge in [-0.1, -0.05) is 0 Å². The smallest absolute Gasteiger partial charge is 0.444 e. The van der Waals surface area contributed by atoms with Gasteiger partial charge in [0.1, 0.15) is 18.9 Å². The zero-order chi connectivity index (χ0) is 15.3. The number of carbonyl (C=O) groups is 3. The van der Waals surface area contributed by atoms with Crippen LogP contribution in [-0.4, -0.2) is 50.8 Å². The topological polar surface area (TPSA) is 78.9 Å². The molecule has 0 aliphatic heterocycles. The highest BCUT2D eigenvalue weighted by molar-refractivity contribution is 6.37. The van der Waals surface area contributed by atoms with Crippen LogP contribution in [0.2, 0.25) is 0 Å². The molecule has 0 radical (unpaired) electrons. The second-order valence-electron chi connectivity index (χ2n) is 5.81. The molecule has 0 fully saturated rings. The van der Waals surface area contributed by atoms with Gasteiger partial charge >= 0.3 is 15.1 Å². The average Bonchev–Trinajstić information content (AvgIpc) is 2.27. The Labute approximate surface area is 118 Å². The van der Waals surface area contributed by atoms with Crippen molar-refractivity contribution < 1.29 is 25.7 Å². The number of aldehydes is 3. The molecule has 0 amide bonds. The molecule has 108 valence electrons. The molecule has 0 saturated heterocycles. The Morgan fingerprint density at radius 1 is 0.632 bits per heavy atom. The lowest BCUT2D eigenvalue weighted by Crippen LogP contribution is -2.48. The zero-order valence-electron chi connectivity index (χ0n) is 12.3. The standard InChI is InChI=1S/3C4H7O2.Al/c3*1-4(2,6)3-5;/h3*3H,1-2H3;/q3*-1;+3. The van der Waals surface area contributed by atoms with Gasteiger partial charge < -0.3 is 25.7 Å². The molecule has 0 aromatic rings. The predicted molar refractivity (Wildman–Crippen MR) is 69.4 cm³/mol. The summed E-state index contributed by atoms with van der Waals surface area (Å²) in [5, 5.41) is 0. The van der Waals surface area contributed by atoms with Gasteiger partial charge in [-0.05, 0) is 41.5 Å². The zero-order valence-corrected chi connectivity index (χ0v) is 13.4. The average molecular weight is 288 g/mol. The summed E-state index contributed by atoms with van der Waals surface area (Å²) in [7, 11) is 0. The molecule has 0 spiro atoms. The summed E-state index contributed by atoms with van der Waals surface area (Å²) in [5.41, 5.74) is -3.31. The first-order valence-electron chi connectivity index (χ1n) is 5.89. The molecule has 0 atom stereocenters. The van der Waals surface area contributed by atoms with E-state index in [1.54, 1.807) is 41.5 Å². The number of hydrogen-bond donors (Lipinski definition) is 0. The fraction of sp³-hybridized carbons (Fsp3) is 0.750. The molecule has 7 heteroatoms. The van der Waals surface area contributed by atoms with E-state index in [9.17, 15) is 14.4 Å². The van der Waals surface area contributed by atoms with Crippen molar-refractivity contribution in [2.24, 2.45) is 0 Å². The molecule has 0 saturated carbocycles. The lowest BCUT2D eigenvalue weighted by Gasteiger charge is -2.31. The van der Waals surface area contributed by atoms with Gasteiger partial charge in [-0.2, -0.15) is 0 Å². The van der Waals surface area contributed by atoms with Crippen LogP contribution in [0.15, 0.2) is 0 Å². The maximum atomic E-state index is 10.9. The maximum Gasteiger partial charge on any atom is 0.907 e. The van der Waals surface area contributed by atoms with Gasteiger partial charge in [-0.15, -0.1) is 0 Å². The van der Waals surface area contributed by atoms with Crippen LogP contribution >= 0.6 is 0 Å². The summed E-state index contributed by atoms with van der Waals surface area (Å²) >= 11 is -2.86. The summed E-state index contributed by atoms with van der Waals surface area (Å²) in [4.78, 5) is 32.6. The van der Waals surface area contributed by atoms with Gasteiger partial charge in [0.25, 0.3) is 0 Å². The Hall–Kier alpha value is -0.578. The highest BCUT2D eigenvalue weighted by Crippen LogP contribution is 2.18. The van der Waals surface area contributed by atoms with Crippen molar-refractivity contribution in [3.63, 3.8) is 0 Å². The van der Waals surface area contributed by atoms with Crippen LogP contribution < -0.4 is 0 Å². The van der Waals surface area contributed by atoms with E-state index in [0.29, 0.717) is 18.9 Å². The summed E-state index contributed by atoms with van der Waals surface area (Å²) in [6, 6.07) is 0. The van der Waals surface area contributed by atoms with Crippen LogP contribution in [0.25, 0.3) is 0 Å². The highest BCUT2D eigenvalue weighted by Gasteiger charge is 2.45. The van der Waals surface area contributed by atoms with Crippen LogP contribution in [0.4, 0.5) is 0 Å². The Morgan fingerprint density at radius 2 is 0.842 bits per heavy atom. The lowest BCUT2D eigenvalue weighted by atomic mass is 10.2. The Morgan fingerprint density at radius 3 is 1.00 bits per heavy atom. The first-order valence-corrected chi connectivity index (χ1v) is 7.31. The van der Waals surface area contributed by atoms with Gasteiger partial charge in [0.05, 0.1) is 16.8 Å². The minimum Gasteiger partial charge on any atom is -0.444 e. The molecule has 0 aromatic heterocycles. The molecular formula is C12H21AlO6. The third-order valence-corrected chi connectivity index (χ3v) is 4.45. The predicted octanol–water partition coefficient (Wildman–Crippen LogP) is 0.954. The first kappa shape index (κ1) is 18.4. The molecule has 0 aliphatic carbocycles. The van der Waals surface area contributed by atoms with Crippen LogP contribution in [0.3, 0.4) is 0 Å². The van der Waals surface area contributed by atoms with Crippen LogP contribution in [-0.2, 0) is 25.7 Å². The van der Waals surface area contributed by atoms with Crippen LogP contribution in [0.5, 0.6) is 0 Å². The van der Waals surface area contributed by atoms with Gasteiger partial charge in [0, 0.05) is 0 Å². The first-order chi connectivity index (χ1) is 8.47. The van der Waals surface area contributed by atoms with Crippen molar-refractivity contribution in [2.45, 2.75) is 58.3 Å². The van der Waals surface area contributed by atoms with Gasteiger partial charge in [-0.3, -0.25) is 0 Å². The van der Waals surface area contributed by atoms with Crippen molar-refractivity contribution in [1.29, 1.82) is 0 Å². The van der Waals surface area contributed by atoms with E-state index in [2.05, 4.69) is 0 Å². The number of rotatable bonds is 9. The van der Waals surface area contributed by atoms with Crippen molar-refractivity contribution in [1.82, 2.24) is 0 Å². The van der Waals surface area contributed by atoms with Crippen molar-refractivity contribution in [2.75, 3.05) is 0 Å². The van der Waals surface area contributed by atoms with Gasteiger partial charge in [0.15, 0.2) is 0 Å². The summed E-state index contributed by atoms with van der Waals surface area (Å²) in [5.74, 6) is 0. The lowest BCUT2D eigenvalue weighted by molar-refractivity contribution is -0.134. The van der Waals surface area contributed by atoms with Gasteiger partial charge in [0.2, 0.25) is 0 Å². The normalized spacial score (nSPS) is 12.9. The third-order valence-electron chi connectivity index (χ3n) is 2.05. The summed E-state index contributed by atoms with van der Waals surface area (Å²) < 4.78 is 16.4. The minimum absolute atomic E-state index is 0.613. The largest absolute Gasteiger partial charge is 0.907 e. The maximum absolute atomic E-state index is 10.9. The molecular weight excluding hydrogens is 267 g/mol. The quantitative estimate of drug-likeness (QED) is 0.464. The van der Waals surface area contributed by atoms with E-state index in [0.717, 1.165) is 0 Å². The van der Waals surface area contributed by atoms with E-state index in [4.69, 9.17) is 11.4 Å². The Bertz CT molecular complexity index is 285. The molecule has 0 aromatic carbocycles. The molecule has 0 bridgehead atoms. The summed E-state index contributed by atoms with van der Waals surface area (Å²) in [6.45, 7) is 9.30. The van der Waals surface area contributed by atoms with Gasteiger partial charge in [-0.25, -0.2) is 0 Å². The fourth-order valence-electron chi connectivity index (χ4n) is 0.900. The number of carbonyl (C=O) groups excluding carboxylic acids is 3. The minimum atomic E-state index is -2.86. The third kappa shape index (κ3) is 7.55. The molecule has 6 nitrogen and oxygen atoms in total. The fourth-order valence-corrected chi connectivity index (χ4v) is 2.70. The number of hydrogen-bond acceptors (Lipinski definition) is 6. The molecule has 0 aliphatic rings. The van der Waals surface area contributed by atoms with Crippen LogP contribution in [0.1, 0.15) is 41.5 Å². The van der Waals surface area contributed by atoms with Crippen molar-refractivity contribution >= 4 is 34.0 Å². The van der Waals surface area contributed by atoms with E-state index >= 15 is 0 Å². The van der Waals surface area contributed by atoms with Crippen molar-refractivity contribution in [3.05, 3.63) is 0 Å². The van der Waals surface area contributed by atoms with E-state index in [1.807, 2.05) is 0 Å².